The summed E-state index contributed by atoms with van der Waals surface area (Å²) in [5.74, 6) is 0.916. The topological polar surface area (TPSA) is 30.5 Å². The maximum atomic E-state index is 5.72. The molecule has 1 unspecified atom stereocenters. The minimum atomic E-state index is 0.427. The lowest BCUT2D eigenvalue weighted by Gasteiger charge is -2.17. The van der Waals surface area contributed by atoms with Crippen LogP contribution in [0.1, 0.15) is 26.2 Å². The second-order valence-corrected chi connectivity index (χ2v) is 5.47. The minimum absolute atomic E-state index is 0.427. The molecule has 0 aliphatic rings. The molecule has 4 heteroatoms. The molecule has 1 rings (SSSR count). The van der Waals surface area contributed by atoms with Gasteiger partial charge in [0.1, 0.15) is 5.75 Å². The number of hydrogen-bond donors (Lipinski definition) is 1. The lowest BCUT2D eigenvalue weighted by Crippen LogP contribution is -2.34. The number of ether oxygens (including phenoxy) is 2. The van der Waals surface area contributed by atoms with Gasteiger partial charge in [0, 0.05) is 17.6 Å². The summed E-state index contributed by atoms with van der Waals surface area (Å²) in [6.45, 7) is 4.72. The minimum Gasteiger partial charge on any atom is -0.494 e. The number of nitrogens with one attached hydrogen (secondary N) is 1. The highest BCUT2D eigenvalue weighted by Gasteiger charge is 2.06. The van der Waals surface area contributed by atoms with Gasteiger partial charge in [-0.3, -0.25) is 0 Å². The predicted octanol–water partition coefficient (Wildman–Crippen LogP) is 3.62. The second kappa shape index (κ2) is 10.2. The summed E-state index contributed by atoms with van der Waals surface area (Å²) < 4.78 is 12.0. The van der Waals surface area contributed by atoms with Gasteiger partial charge in [0.05, 0.1) is 13.2 Å². The lowest BCUT2D eigenvalue weighted by molar-refractivity contribution is 0.158. The lowest BCUT2D eigenvalue weighted by atomic mass is 10.1. The zero-order valence-corrected chi connectivity index (χ0v) is 13.4. The van der Waals surface area contributed by atoms with Gasteiger partial charge < -0.3 is 14.8 Å². The summed E-state index contributed by atoms with van der Waals surface area (Å²) in [4.78, 5) is 0. The van der Waals surface area contributed by atoms with Crippen molar-refractivity contribution in [3.63, 3.8) is 0 Å². The summed E-state index contributed by atoms with van der Waals surface area (Å²) >= 11 is 3.44. The van der Waals surface area contributed by atoms with Gasteiger partial charge in [-0.1, -0.05) is 28.9 Å². The van der Waals surface area contributed by atoms with Crippen LogP contribution >= 0.6 is 15.9 Å². The highest BCUT2D eigenvalue weighted by Crippen LogP contribution is 2.18. The van der Waals surface area contributed by atoms with Crippen molar-refractivity contribution in [3.05, 3.63) is 28.7 Å². The fourth-order valence-electron chi connectivity index (χ4n) is 1.87. The first-order valence-corrected chi connectivity index (χ1v) is 7.66. The van der Waals surface area contributed by atoms with Crippen LogP contribution in [0.25, 0.3) is 0 Å². The Balaban J connectivity index is 2.20. The molecule has 1 aromatic rings. The molecule has 0 amide bonds. The van der Waals surface area contributed by atoms with E-state index < -0.39 is 0 Å². The maximum absolute atomic E-state index is 5.72. The average molecular weight is 330 g/mol. The van der Waals surface area contributed by atoms with Crippen LogP contribution in [0.5, 0.6) is 5.75 Å². The van der Waals surface area contributed by atoms with Crippen molar-refractivity contribution in [2.45, 2.75) is 32.2 Å². The van der Waals surface area contributed by atoms with Crippen molar-refractivity contribution in [1.82, 2.24) is 5.32 Å². The van der Waals surface area contributed by atoms with E-state index in [1.165, 1.54) is 0 Å². The van der Waals surface area contributed by atoms with E-state index in [0.29, 0.717) is 6.04 Å². The molecule has 0 saturated carbocycles. The Kier molecular flexibility index (Phi) is 8.88. The number of hydrogen-bond acceptors (Lipinski definition) is 3. The Morgan fingerprint density at radius 3 is 2.89 bits per heavy atom. The first-order valence-electron chi connectivity index (χ1n) is 6.87. The quantitative estimate of drug-likeness (QED) is 0.665. The molecule has 0 aromatic heterocycles. The van der Waals surface area contributed by atoms with Gasteiger partial charge in [0.25, 0.3) is 0 Å². The fraction of sp³-hybridized carbons (Fsp3) is 0.600. The Bertz CT molecular complexity index is 347. The largest absolute Gasteiger partial charge is 0.494 e. The molecule has 0 fully saturated rings. The van der Waals surface area contributed by atoms with Crippen LogP contribution in [0.2, 0.25) is 0 Å². The van der Waals surface area contributed by atoms with Gasteiger partial charge in [0.2, 0.25) is 0 Å². The van der Waals surface area contributed by atoms with E-state index in [0.717, 1.165) is 49.2 Å². The molecule has 108 valence electrons. The van der Waals surface area contributed by atoms with E-state index >= 15 is 0 Å². The molecule has 0 saturated heterocycles. The smallest absolute Gasteiger partial charge is 0.120 e. The number of methoxy groups -OCH3 is 1. The van der Waals surface area contributed by atoms with Gasteiger partial charge in [-0.15, -0.1) is 0 Å². The third-order valence-electron chi connectivity index (χ3n) is 2.81. The molecular weight excluding hydrogens is 306 g/mol. The molecule has 0 bridgehead atoms. The van der Waals surface area contributed by atoms with E-state index in [1.54, 1.807) is 7.11 Å². The standard InChI is InChI=1S/C15H24BrNO2/c1-3-9-17-14(12-18-2)7-5-10-19-15-8-4-6-13(16)11-15/h4,6,8,11,14,17H,3,5,7,9-10,12H2,1-2H3. The zero-order valence-electron chi connectivity index (χ0n) is 11.8. The highest BCUT2D eigenvalue weighted by molar-refractivity contribution is 9.10. The normalized spacial score (nSPS) is 12.4. The molecule has 1 aromatic carbocycles. The second-order valence-electron chi connectivity index (χ2n) is 4.55. The molecule has 1 atom stereocenters. The number of benzene rings is 1. The fourth-order valence-corrected chi connectivity index (χ4v) is 2.25. The highest BCUT2D eigenvalue weighted by atomic mass is 79.9. The third-order valence-corrected chi connectivity index (χ3v) is 3.31. The van der Waals surface area contributed by atoms with Crippen molar-refractivity contribution < 1.29 is 9.47 Å². The Labute approximate surface area is 124 Å². The third kappa shape index (κ3) is 7.55. The van der Waals surface area contributed by atoms with E-state index in [9.17, 15) is 0 Å². The Hall–Kier alpha value is -0.580. The zero-order chi connectivity index (χ0) is 13.9. The monoisotopic (exact) mass is 329 g/mol. The van der Waals surface area contributed by atoms with Gasteiger partial charge in [-0.25, -0.2) is 0 Å². The summed E-state index contributed by atoms with van der Waals surface area (Å²) in [5, 5.41) is 3.49. The predicted molar refractivity (Wildman–Crippen MR) is 82.8 cm³/mol. The van der Waals surface area contributed by atoms with Gasteiger partial charge >= 0.3 is 0 Å². The van der Waals surface area contributed by atoms with Crippen LogP contribution in [0, 0.1) is 0 Å². The molecule has 0 radical (unpaired) electrons. The molecule has 1 N–H and O–H groups in total. The van der Waals surface area contributed by atoms with Crippen LogP contribution < -0.4 is 10.1 Å². The molecule has 3 nitrogen and oxygen atoms in total. The first-order chi connectivity index (χ1) is 9.26. The summed E-state index contributed by atoms with van der Waals surface area (Å²) in [5.41, 5.74) is 0. The molecule has 0 aliphatic carbocycles. The SMILES string of the molecule is CCCNC(CCCOc1cccc(Br)c1)COC. The number of rotatable bonds is 10. The van der Waals surface area contributed by atoms with E-state index in [4.69, 9.17) is 9.47 Å². The van der Waals surface area contributed by atoms with Gasteiger partial charge in [-0.2, -0.15) is 0 Å². The summed E-state index contributed by atoms with van der Waals surface area (Å²) in [6.07, 6.45) is 3.24. The van der Waals surface area contributed by atoms with Crippen LogP contribution in [-0.2, 0) is 4.74 Å². The maximum Gasteiger partial charge on any atom is 0.120 e. The van der Waals surface area contributed by atoms with Crippen molar-refractivity contribution in [1.29, 1.82) is 0 Å². The van der Waals surface area contributed by atoms with Crippen LogP contribution in [0.15, 0.2) is 28.7 Å². The van der Waals surface area contributed by atoms with Crippen molar-refractivity contribution in [2.24, 2.45) is 0 Å². The van der Waals surface area contributed by atoms with Crippen LogP contribution in [0.3, 0.4) is 0 Å². The molecule has 0 heterocycles. The average Bonchev–Trinajstić information content (AvgIpc) is 2.41. The van der Waals surface area contributed by atoms with Crippen molar-refractivity contribution in [2.75, 3.05) is 26.9 Å². The molecular formula is C15H24BrNO2. The van der Waals surface area contributed by atoms with E-state index in [2.05, 4.69) is 28.2 Å². The number of halogens is 1. The molecule has 19 heavy (non-hydrogen) atoms. The van der Waals surface area contributed by atoms with Gasteiger partial charge in [0.15, 0.2) is 0 Å². The Morgan fingerprint density at radius 2 is 2.21 bits per heavy atom. The van der Waals surface area contributed by atoms with Gasteiger partial charge in [-0.05, 0) is 44.0 Å². The summed E-state index contributed by atoms with van der Waals surface area (Å²) in [7, 11) is 1.75. The van der Waals surface area contributed by atoms with E-state index in [-0.39, 0.29) is 0 Å². The Morgan fingerprint density at radius 1 is 1.37 bits per heavy atom. The van der Waals surface area contributed by atoms with Crippen molar-refractivity contribution in [3.8, 4) is 5.75 Å². The van der Waals surface area contributed by atoms with Crippen molar-refractivity contribution >= 4 is 15.9 Å². The van der Waals surface area contributed by atoms with Crippen LogP contribution in [0.4, 0.5) is 0 Å². The first kappa shape index (κ1) is 16.5. The van der Waals surface area contributed by atoms with Crippen LogP contribution in [-0.4, -0.2) is 32.9 Å². The molecule has 0 spiro atoms. The molecule has 0 aliphatic heterocycles. The van der Waals surface area contributed by atoms with E-state index in [1.807, 2.05) is 24.3 Å². The summed E-state index contributed by atoms with van der Waals surface area (Å²) in [6, 6.07) is 8.37.